The second kappa shape index (κ2) is 7.39. The number of hydrogen-bond donors (Lipinski definition) is 3. The molecular formula is C22H26ClN5. The van der Waals surface area contributed by atoms with E-state index in [-0.39, 0.29) is 5.54 Å². The van der Waals surface area contributed by atoms with Gasteiger partial charge in [0.15, 0.2) is 0 Å². The number of fused-ring (bicyclic) bond motifs is 1. The number of piperidine rings is 1. The van der Waals surface area contributed by atoms with E-state index in [9.17, 15) is 0 Å². The first kappa shape index (κ1) is 18.0. The molecule has 2 aromatic carbocycles. The van der Waals surface area contributed by atoms with E-state index in [0.717, 1.165) is 59.8 Å². The number of rotatable bonds is 4. The molecule has 6 heteroatoms. The summed E-state index contributed by atoms with van der Waals surface area (Å²) in [5.74, 6) is 0.990. The van der Waals surface area contributed by atoms with Crippen LogP contribution in [0.2, 0.25) is 5.02 Å². The van der Waals surface area contributed by atoms with Gasteiger partial charge >= 0.3 is 0 Å². The molecule has 2 aliphatic heterocycles. The Morgan fingerprint density at radius 3 is 2.71 bits per heavy atom. The standard InChI is InChI=1S/C22H26ClN5/c23-17-5-3-4-16(14-17)15-24-27-21-22(10-12-28(13-11-22)18-8-9-18)26-20-7-2-1-6-19(20)25-21/h1-7,14,18,24,26H,8-13,15H2,(H,25,27). The molecule has 1 aliphatic carbocycles. The maximum atomic E-state index is 6.10. The normalized spacial score (nSPS) is 21.0. The number of aliphatic imine (C=N–C) groups is 1. The third-order valence-corrected chi connectivity index (χ3v) is 6.30. The van der Waals surface area contributed by atoms with Crippen LogP contribution in [-0.2, 0) is 6.54 Å². The molecule has 0 amide bonds. The van der Waals surface area contributed by atoms with Gasteiger partial charge in [-0.25, -0.2) is 10.4 Å². The molecule has 0 aromatic heterocycles. The van der Waals surface area contributed by atoms with Crippen molar-refractivity contribution >= 4 is 28.8 Å². The monoisotopic (exact) mass is 395 g/mol. The highest BCUT2D eigenvalue weighted by atomic mass is 35.5. The van der Waals surface area contributed by atoms with Crippen LogP contribution in [0.25, 0.3) is 0 Å². The first-order valence-corrected chi connectivity index (χ1v) is 10.5. The molecule has 0 radical (unpaired) electrons. The molecule has 2 heterocycles. The largest absolute Gasteiger partial charge is 0.371 e. The van der Waals surface area contributed by atoms with Crippen LogP contribution in [0.15, 0.2) is 53.5 Å². The van der Waals surface area contributed by atoms with E-state index in [1.807, 2.05) is 24.3 Å². The topological polar surface area (TPSA) is 51.7 Å². The number of likely N-dealkylation sites (tertiary alicyclic amines) is 1. The van der Waals surface area contributed by atoms with Gasteiger partial charge in [-0.3, -0.25) is 0 Å². The Hall–Kier alpha value is -2.08. The van der Waals surface area contributed by atoms with Crippen LogP contribution < -0.4 is 16.2 Å². The second-order valence-electron chi connectivity index (χ2n) is 8.06. The zero-order valence-electron chi connectivity index (χ0n) is 15.9. The van der Waals surface area contributed by atoms with Crippen molar-refractivity contribution < 1.29 is 0 Å². The molecule has 1 spiro atoms. The first-order valence-electron chi connectivity index (χ1n) is 10.2. The summed E-state index contributed by atoms with van der Waals surface area (Å²) in [7, 11) is 0. The fourth-order valence-electron chi connectivity index (χ4n) is 4.32. The van der Waals surface area contributed by atoms with Gasteiger partial charge in [0.2, 0.25) is 0 Å². The molecule has 1 saturated heterocycles. The van der Waals surface area contributed by atoms with Crippen LogP contribution in [0.1, 0.15) is 31.2 Å². The van der Waals surface area contributed by atoms with E-state index in [0.29, 0.717) is 6.54 Å². The molecule has 2 aromatic rings. The third kappa shape index (κ3) is 3.62. The van der Waals surface area contributed by atoms with E-state index in [1.54, 1.807) is 0 Å². The average molecular weight is 396 g/mol. The lowest BCUT2D eigenvalue weighted by molar-refractivity contribution is 0.190. The van der Waals surface area contributed by atoms with Crippen molar-refractivity contribution in [1.29, 1.82) is 0 Å². The van der Waals surface area contributed by atoms with E-state index in [2.05, 4.69) is 45.3 Å². The zero-order valence-corrected chi connectivity index (χ0v) is 16.7. The van der Waals surface area contributed by atoms with Crippen LogP contribution in [0.3, 0.4) is 0 Å². The van der Waals surface area contributed by atoms with Crippen molar-refractivity contribution in [2.75, 3.05) is 18.4 Å². The van der Waals surface area contributed by atoms with E-state index >= 15 is 0 Å². The molecule has 0 bridgehead atoms. The molecule has 5 rings (SSSR count). The summed E-state index contributed by atoms with van der Waals surface area (Å²) >= 11 is 6.10. The second-order valence-corrected chi connectivity index (χ2v) is 8.50. The lowest BCUT2D eigenvalue weighted by Gasteiger charge is -2.45. The molecule has 1 saturated carbocycles. The van der Waals surface area contributed by atoms with Crippen LogP contribution >= 0.6 is 11.6 Å². The van der Waals surface area contributed by atoms with Gasteiger partial charge in [-0.05, 0) is 55.5 Å². The van der Waals surface area contributed by atoms with Crippen LogP contribution in [0, 0.1) is 0 Å². The molecule has 0 unspecified atom stereocenters. The number of para-hydroxylation sites is 2. The molecule has 146 valence electrons. The number of nitrogens with zero attached hydrogens (tertiary/aromatic N) is 2. The Kier molecular flexibility index (Phi) is 4.75. The van der Waals surface area contributed by atoms with Crippen molar-refractivity contribution in [2.24, 2.45) is 4.99 Å². The summed E-state index contributed by atoms with van der Waals surface area (Å²) in [6, 6.07) is 17.0. The van der Waals surface area contributed by atoms with Crippen LogP contribution in [0.4, 0.5) is 11.4 Å². The van der Waals surface area contributed by atoms with E-state index in [1.165, 1.54) is 12.8 Å². The minimum absolute atomic E-state index is 0.138. The number of anilines is 1. The number of benzene rings is 2. The molecular weight excluding hydrogens is 370 g/mol. The SMILES string of the molecule is Clc1cccc(CNNC2=Nc3ccccc3NC23CCN(C2CC2)CC3)c1. The Bertz CT molecular complexity index is 884. The molecule has 28 heavy (non-hydrogen) atoms. The number of halogens is 1. The summed E-state index contributed by atoms with van der Waals surface area (Å²) in [6.45, 7) is 2.93. The summed E-state index contributed by atoms with van der Waals surface area (Å²) in [5, 5.41) is 4.58. The quantitative estimate of drug-likeness (QED) is 0.682. The van der Waals surface area contributed by atoms with E-state index in [4.69, 9.17) is 16.6 Å². The highest BCUT2D eigenvalue weighted by Crippen LogP contribution is 2.39. The van der Waals surface area contributed by atoms with Crippen LogP contribution in [-0.4, -0.2) is 35.4 Å². The highest BCUT2D eigenvalue weighted by Gasteiger charge is 2.44. The van der Waals surface area contributed by atoms with Gasteiger partial charge in [-0.1, -0.05) is 35.9 Å². The van der Waals surface area contributed by atoms with Gasteiger partial charge in [0.05, 0.1) is 16.9 Å². The lowest BCUT2D eigenvalue weighted by atomic mass is 9.84. The third-order valence-electron chi connectivity index (χ3n) is 6.07. The maximum Gasteiger partial charge on any atom is 0.142 e. The minimum atomic E-state index is -0.138. The first-order chi connectivity index (χ1) is 13.7. The predicted octanol–water partition coefficient (Wildman–Crippen LogP) is 4.09. The molecule has 3 aliphatic rings. The number of hydrazine groups is 1. The number of amidine groups is 1. The van der Waals surface area contributed by atoms with Crippen molar-refractivity contribution in [1.82, 2.24) is 15.8 Å². The van der Waals surface area contributed by atoms with Gasteiger partial charge in [-0.15, -0.1) is 0 Å². The summed E-state index contributed by atoms with van der Waals surface area (Å²) < 4.78 is 0. The van der Waals surface area contributed by atoms with Gasteiger partial charge in [0.1, 0.15) is 5.84 Å². The van der Waals surface area contributed by atoms with Crippen LogP contribution in [0.5, 0.6) is 0 Å². The Labute approximate surface area is 171 Å². The Morgan fingerprint density at radius 2 is 1.93 bits per heavy atom. The predicted molar refractivity (Wildman–Crippen MR) is 115 cm³/mol. The summed E-state index contributed by atoms with van der Waals surface area (Å²) in [6.07, 6.45) is 4.85. The van der Waals surface area contributed by atoms with Gasteiger partial charge in [0, 0.05) is 30.7 Å². The van der Waals surface area contributed by atoms with Gasteiger partial charge in [0.25, 0.3) is 0 Å². The molecule has 0 atom stereocenters. The number of hydrogen-bond acceptors (Lipinski definition) is 5. The van der Waals surface area contributed by atoms with Gasteiger partial charge in [-0.2, -0.15) is 0 Å². The summed E-state index contributed by atoms with van der Waals surface area (Å²) in [5.41, 5.74) is 9.90. The van der Waals surface area contributed by atoms with Crippen molar-refractivity contribution in [3.05, 3.63) is 59.1 Å². The van der Waals surface area contributed by atoms with Crippen molar-refractivity contribution in [3.8, 4) is 0 Å². The van der Waals surface area contributed by atoms with E-state index < -0.39 is 0 Å². The molecule has 3 N–H and O–H groups in total. The summed E-state index contributed by atoms with van der Waals surface area (Å²) in [4.78, 5) is 7.64. The van der Waals surface area contributed by atoms with Crippen molar-refractivity contribution in [2.45, 2.75) is 43.8 Å². The average Bonchev–Trinajstić information content (AvgIpc) is 3.54. The smallest absolute Gasteiger partial charge is 0.142 e. The molecule has 2 fully saturated rings. The zero-order chi connectivity index (χ0) is 19.0. The fraction of sp³-hybridized carbons (Fsp3) is 0.409. The fourth-order valence-corrected chi connectivity index (χ4v) is 4.53. The lowest BCUT2D eigenvalue weighted by Crippen LogP contribution is -2.61. The minimum Gasteiger partial charge on any atom is -0.371 e. The van der Waals surface area contributed by atoms with Crippen molar-refractivity contribution in [3.63, 3.8) is 0 Å². The maximum absolute atomic E-state index is 6.10. The Morgan fingerprint density at radius 1 is 1.11 bits per heavy atom. The Balaban J connectivity index is 1.33. The highest BCUT2D eigenvalue weighted by molar-refractivity contribution is 6.30. The molecule has 5 nitrogen and oxygen atoms in total. The van der Waals surface area contributed by atoms with Gasteiger partial charge < -0.3 is 15.6 Å². The number of nitrogens with one attached hydrogen (secondary N) is 3.